The molecule has 6 nitrogen and oxygen atoms in total. The molecule has 0 aromatic heterocycles. The Morgan fingerprint density at radius 1 is 1.20 bits per heavy atom. The van der Waals surface area contributed by atoms with Gasteiger partial charge in [0.25, 0.3) is 0 Å². The molecule has 168 valence electrons. The predicted molar refractivity (Wildman–Crippen MR) is 99.7 cm³/mol. The number of hydrogen-bond acceptors (Lipinski definition) is 5. The highest BCUT2D eigenvalue weighted by Crippen LogP contribution is 2.49. The van der Waals surface area contributed by atoms with Gasteiger partial charge in [-0.2, -0.15) is 0 Å². The van der Waals surface area contributed by atoms with E-state index in [9.17, 15) is 18.7 Å². The van der Waals surface area contributed by atoms with Crippen LogP contribution in [0, 0.1) is 5.92 Å². The van der Waals surface area contributed by atoms with Gasteiger partial charge < -0.3 is 40.8 Å². The number of carbonyl (C=O) groups is 1. The van der Waals surface area contributed by atoms with E-state index >= 15 is 0 Å². The van der Waals surface area contributed by atoms with Crippen LogP contribution < -0.4 is 26.5 Å². The van der Waals surface area contributed by atoms with E-state index in [2.05, 4.69) is 14.1 Å². The fourth-order valence-electron chi connectivity index (χ4n) is 4.56. The molecule has 2 aliphatic heterocycles. The Kier molecular flexibility index (Phi) is 6.38. The molecule has 0 amide bonds. The smallest absolute Gasteiger partial charge is 0.343 e. The van der Waals surface area contributed by atoms with Crippen LogP contribution in [0.4, 0.5) is 8.78 Å². The van der Waals surface area contributed by atoms with E-state index in [4.69, 9.17) is 14.2 Å². The Bertz CT molecular complexity index is 796. The van der Waals surface area contributed by atoms with Crippen LogP contribution in [0.5, 0.6) is 11.5 Å². The van der Waals surface area contributed by atoms with Gasteiger partial charge in [0.2, 0.25) is 12.7 Å². The summed E-state index contributed by atoms with van der Waals surface area (Å²) in [6.07, 6.45) is 0.167. The number of likely N-dealkylation sites (tertiary alicyclic amines) is 1. The Morgan fingerprint density at radius 3 is 2.50 bits per heavy atom. The van der Waals surface area contributed by atoms with Crippen molar-refractivity contribution in [3.8, 4) is 11.5 Å². The lowest BCUT2D eigenvalue weighted by molar-refractivity contribution is -0.896. The third-order valence-corrected chi connectivity index (χ3v) is 6.50. The first-order valence-corrected chi connectivity index (χ1v) is 10.1. The summed E-state index contributed by atoms with van der Waals surface area (Å²) in [7, 11) is 4.23. The van der Waals surface area contributed by atoms with Gasteiger partial charge in [-0.05, 0) is 24.1 Å². The van der Waals surface area contributed by atoms with Crippen molar-refractivity contribution >= 4 is 5.97 Å². The standard InChI is InChI=1S/C21H28F2NO5.BrH/c1-24(2)9-6-16(7-10-24)29-19(25)21(26,15-5-8-20(22,23)12-15)14-3-4-17-18(11-14)28-13-27-17;/h3-4,11,15-16,26H,5-10,12-13H2,1-2H3;1H/q+1;/p-1/t15-,21+;/m1./s1. The molecule has 3 aliphatic rings. The number of rotatable bonds is 4. The maximum Gasteiger partial charge on any atom is 0.343 e. The average molecular weight is 492 g/mol. The van der Waals surface area contributed by atoms with Gasteiger partial charge in [-0.3, -0.25) is 0 Å². The third-order valence-electron chi connectivity index (χ3n) is 6.50. The lowest BCUT2D eigenvalue weighted by Gasteiger charge is -2.38. The van der Waals surface area contributed by atoms with E-state index in [0.29, 0.717) is 24.3 Å². The molecule has 30 heavy (non-hydrogen) atoms. The second kappa shape index (κ2) is 8.24. The number of quaternary nitrogens is 1. The zero-order chi connectivity index (χ0) is 20.9. The topological polar surface area (TPSA) is 65.0 Å². The number of fused-ring (bicyclic) bond motifs is 1. The molecule has 1 aromatic rings. The molecule has 0 unspecified atom stereocenters. The number of benzene rings is 1. The fraction of sp³-hybridized carbons (Fsp3) is 0.667. The van der Waals surface area contributed by atoms with Crippen molar-refractivity contribution in [1.29, 1.82) is 0 Å². The van der Waals surface area contributed by atoms with Gasteiger partial charge in [0.15, 0.2) is 17.1 Å². The minimum absolute atomic E-state index is 0. The van der Waals surface area contributed by atoms with Crippen molar-refractivity contribution < 1.29 is 54.4 Å². The van der Waals surface area contributed by atoms with Gasteiger partial charge in [0, 0.05) is 31.6 Å². The lowest BCUT2D eigenvalue weighted by atomic mass is 9.79. The second-order valence-electron chi connectivity index (χ2n) is 9.12. The molecule has 9 heteroatoms. The Balaban J connectivity index is 0.00000256. The number of nitrogens with zero attached hydrogens (tertiary/aromatic N) is 1. The van der Waals surface area contributed by atoms with Gasteiger partial charge >= 0.3 is 5.97 Å². The van der Waals surface area contributed by atoms with Crippen molar-refractivity contribution in [3.05, 3.63) is 23.8 Å². The summed E-state index contributed by atoms with van der Waals surface area (Å²) in [5.74, 6) is -3.80. The maximum atomic E-state index is 14.0. The number of esters is 1. The van der Waals surface area contributed by atoms with Gasteiger partial charge in [0.05, 0.1) is 27.2 Å². The van der Waals surface area contributed by atoms with E-state index in [1.165, 1.54) is 12.1 Å². The number of hydrogen-bond donors (Lipinski definition) is 1. The fourth-order valence-corrected chi connectivity index (χ4v) is 4.56. The van der Waals surface area contributed by atoms with Crippen LogP contribution in [0.25, 0.3) is 0 Å². The van der Waals surface area contributed by atoms with Crippen LogP contribution in [0.3, 0.4) is 0 Å². The van der Waals surface area contributed by atoms with Gasteiger partial charge in [0.1, 0.15) is 6.10 Å². The van der Waals surface area contributed by atoms with Crippen LogP contribution in [0.1, 0.15) is 37.7 Å². The highest BCUT2D eigenvalue weighted by Gasteiger charge is 2.55. The summed E-state index contributed by atoms with van der Waals surface area (Å²) >= 11 is 0. The van der Waals surface area contributed by atoms with Crippen LogP contribution in [-0.4, -0.2) is 61.6 Å². The molecule has 2 heterocycles. The molecule has 2 atom stereocenters. The summed E-state index contributed by atoms with van der Waals surface area (Å²) in [6.45, 7) is 1.74. The highest BCUT2D eigenvalue weighted by atomic mass is 79.9. The Labute approximate surface area is 185 Å². The van der Waals surface area contributed by atoms with E-state index in [0.717, 1.165) is 17.6 Å². The molecule has 4 rings (SSSR count). The largest absolute Gasteiger partial charge is 1.00 e. The number of halogens is 3. The highest BCUT2D eigenvalue weighted by molar-refractivity contribution is 5.82. The average Bonchev–Trinajstić information content (AvgIpc) is 3.28. The van der Waals surface area contributed by atoms with Crippen LogP contribution in [-0.2, 0) is 15.1 Å². The summed E-state index contributed by atoms with van der Waals surface area (Å²) in [5.41, 5.74) is -1.94. The number of alkyl halides is 2. The molecule has 1 N–H and O–H groups in total. The minimum Gasteiger partial charge on any atom is -1.00 e. The SMILES string of the molecule is C[N+]1(C)CCC(OC(=O)[C@](O)(c2ccc3c(c2)OCO3)[C@@H]2CCC(F)(F)C2)CC1.[Br-]. The van der Waals surface area contributed by atoms with Crippen molar-refractivity contribution in [1.82, 2.24) is 0 Å². The normalized spacial score (nSPS) is 26.5. The van der Waals surface area contributed by atoms with Gasteiger partial charge in [-0.1, -0.05) is 6.07 Å². The number of ether oxygens (including phenoxy) is 3. The summed E-state index contributed by atoms with van der Waals surface area (Å²) in [5, 5.41) is 11.5. The molecule has 0 spiro atoms. The molecule has 2 fully saturated rings. The Morgan fingerprint density at radius 2 is 1.87 bits per heavy atom. The van der Waals surface area contributed by atoms with E-state index < -0.39 is 29.8 Å². The van der Waals surface area contributed by atoms with Crippen molar-refractivity contribution in [3.63, 3.8) is 0 Å². The maximum absolute atomic E-state index is 14.0. The van der Waals surface area contributed by atoms with Crippen molar-refractivity contribution in [2.75, 3.05) is 34.0 Å². The first-order chi connectivity index (χ1) is 13.6. The third kappa shape index (κ3) is 4.43. The Hall–Kier alpha value is -1.45. The van der Waals surface area contributed by atoms with Crippen LogP contribution in [0.2, 0.25) is 0 Å². The predicted octanol–water partition coefficient (Wildman–Crippen LogP) is -0.176. The summed E-state index contributed by atoms with van der Waals surface area (Å²) in [6, 6.07) is 4.62. The second-order valence-corrected chi connectivity index (χ2v) is 9.12. The van der Waals surface area contributed by atoms with E-state index in [1.807, 2.05) is 0 Å². The zero-order valence-corrected chi connectivity index (χ0v) is 18.8. The molecule has 1 aliphatic carbocycles. The van der Waals surface area contributed by atoms with Crippen molar-refractivity contribution in [2.45, 2.75) is 49.7 Å². The molecular formula is C21H28BrF2NO5. The molecule has 0 bridgehead atoms. The molecular weight excluding hydrogens is 464 g/mol. The van der Waals surface area contributed by atoms with Gasteiger partial charge in [-0.25, -0.2) is 13.6 Å². The van der Waals surface area contributed by atoms with Crippen molar-refractivity contribution in [2.24, 2.45) is 5.92 Å². The monoisotopic (exact) mass is 491 g/mol. The first kappa shape index (κ1) is 23.2. The lowest BCUT2D eigenvalue weighted by Crippen LogP contribution is -3.00. The van der Waals surface area contributed by atoms with Crippen LogP contribution in [0.15, 0.2) is 18.2 Å². The molecule has 1 saturated carbocycles. The number of carbonyl (C=O) groups excluding carboxylic acids is 1. The van der Waals surface area contributed by atoms with Gasteiger partial charge in [-0.15, -0.1) is 0 Å². The summed E-state index contributed by atoms with van der Waals surface area (Å²) in [4.78, 5) is 13.2. The van der Waals surface area contributed by atoms with E-state index in [-0.39, 0.29) is 48.3 Å². The summed E-state index contributed by atoms with van der Waals surface area (Å²) < 4.78 is 45.1. The molecule has 1 aromatic carbocycles. The first-order valence-electron chi connectivity index (χ1n) is 10.1. The van der Waals surface area contributed by atoms with Crippen LogP contribution >= 0.6 is 0 Å². The number of piperidine rings is 1. The number of aliphatic hydroxyl groups is 1. The molecule has 1 saturated heterocycles. The quantitative estimate of drug-likeness (QED) is 0.467. The minimum atomic E-state index is -2.90. The molecule has 0 radical (unpaired) electrons. The van der Waals surface area contributed by atoms with E-state index in [1.54, 1.807) is 6.07 Å². The zero-order valence-electron chi connectivity index (χ0n) is 17.2.